The summed E-state index contributed by atoms with van der Waals surface area (Å²) in [7, 11) is 2.08. The van der Waals surface area contributed by atoms with E-state index in [1.54, 1.807) is 0 Å². The Morgan fingerprint density at radius 1 is 1.43 bits per heavy atom. The number of amides is 1. The number of nitrogens with zero attached hydrogens (tertiary/aromatic N) is 2. The van der Waals surface area contributed by atoms with Gasteiger partial charge < -0.3 is 9.80 Å². The minimum atomic E-state index is 0.0515. The number of rotatable bonds is 1. The van der Waals surface area contributed by atoms with Gasteiger partial charge in [-0.25, -0.2) is 0 Å². The Morgan fingerprint density at radius 3 is 2.43 bits per heavy atom. The molecule has 1 fully saturated rings. The van der Waals surface area contributed by atoms with Gasteiger partial charge in [-0.05, 0) is 20.0 Å². The van der Waals surface area contributed by atoms with Gasteiger partial charge in [0.25, 0.3) is 0 Å². The molecule has 0 aromatic heterocycles. The fourth-order valence-corrected chi connectivity index (χ4v) is 1.58. The van der Waals surface area contributed by atoms with Gasteiger partial charge in [0, 0.05) is 25.7 Å². The number of hydrogen-bond donors (Lipinski definition) is 0. The minimum absolute atomic E-state index is 0.0515. The molecule has 1 amide bonds. The van der Waals surface area contributed by atoms with Gasteiger partial charge in [-0.1, -0.05) is 20.4 Å². The first-order chi connectivity index (χ1) is 6.65. The zero-order chi connectivity index (χ0) is 11.1. The second-order valence-corrected chi connectivity index (χ2v) is 3.35. The Balaban J connectivity index is 0.000000791. The third-order valence-electron chi connectivity index (χ3n) is 2.29. The lowest BCUT2D eigenvalue weighted by Crippen LogP contribution is -2.52. The van der Waals surface area contributed by atoms with Crippen LogP contribution in [0, 0.1) is 0 Å². The van der Waals surface area contributed by atoms with Gasteiger partial charge in [-0.2, -0.15) is 0 Å². The predicted molar refractivity (Wildman–Crippen MR) is 60.2 cm³/mol. The first kappa shape index (κ1) is 13.2. The van der Waals surface area contributed by atoms with Crippen molar-refractivity contribution in [3.63, 3.8) is 0 Å². The Hall–Kier alpha value is -0.830. The molecule has 0 bridgehead atoms. The number of carbonyl (C=O) groups excluding carboxylic acids is 1. The molecule has 82 valence electrons. The normalized spacial score (nSPS) is 22.3. The van der Waals surface area contributed by atoms with Crippen LogP contribution in [-0.2, 0) is 4.79 Å². The van der Waals surface area contributed by atoms with Crippen LogP contribution in [-0.4, -0.2) is 48.4 Å². The van der Waals surface area contributed by atoms with Gasteiger partial charge >= 0.3 is 0 Å². The zero-order valence-electron chi connectivity index (χ0n) is 9.79. The summed E-state index contributed by atoms with van der Waals surface area (Å²) in [5.74, 6) is 0.0515. The Morgan fingerprint density at radius 2 is 2.00 bits per heavy atom. The van der Waals surface area contributed by atoms with Crippen LogP contribution in [0.25, 0.3) is 0 Å². The number of piperazine rings is 1. The maximum atomic E-state index is 11.3. The molecule has 0 aromatic rings. The highest BCUT2D eigenvalue weighted by Crippen LogP contribution is 2.07. The Bertz CT molecular complexity index is 192. The summed E-state index contributed by atoms with van der Waals surface area (Å²) in [6, 6.07) is 0.314. The van der Waals surface area contributed by atoms with Gasteiger partial charge in [0.2, 0.25) is 5.91 Å². The lowest BCUT2D eigenvalue weighted by Gasteiger charge is -2.37. The fraction of sp³-hybridized carbons (Fsp3) is 0.727. The standard InChI is InChI=1S/C9H16N2O.C2H6/c1-4-9(12)11-6-5-10(3)7-8(11)2;1-2/h4,8H,1,5-7H2,2-3H3;1-2H3/t8-;/m0./s1. The first-order valence-corrected chi connectivity index (χ1v) is 5.26. The molecule has 1 rings (SSSR count). The van der Waals surface area contributed by atoms with E-state index in [4.69, 9.17) is 0 Å². The van der Waals surface area contributed by atoms with Crippen molar-refractivity contribution in [2.45, 2.75) is 26.8 Å². The molecule has 0 unspecified atom stereocenters. The summed E-state index contributed by atoms with van der Waals surface area (Å²) in [6.07, 6.45) is 1.39. The van der Waals surface area contributed by atoms with E-state index in [-0.39, 0.29) is 5.91 Å². The van der Waals surface area contributed by atoms with Gasteiger partial charge in [0.1, 0.15) is 0 Å². The van der Waals surface area contributed by atoms with Gasteiger partial charge in [0.05, 0.1) is 0 Å². The van der Waals surface area contributed by atoms with Crippen LogP contribution in [0.1, 0.15) is 20.8 Å². The van der Waals surface area contributed by atoms with Crippen LogP contribution in [0.3, 0.4) is 0 Å². The summed E-state index contributed by atoms with van der Waals surface area (Å²) in [5.41, 5.74) is 0. The van der Waals surface area contributed by atoms with Crippen molar-refractivity contribution in [3.05, 3.63) is 12.7 Å². The average molecular weight is 198 g/mol. The molecule has 1 atom stereocenters. The maximum Gasteiger partial charge on any atom is 0.246 e. The maximum absolute atomic E-state index is 11.3. The lowest BCUT2D eigenvalue weighted by atomic mass is 10.2. The number of likely N-dealkylation sites (N-methyl/N-ethyl adjacent to an activating group) is 1. The van der Waals surface area contributed by atoms with Crippen LogP contribution < -0.4 is 0 Å². The Labute approximate surface area is 87.4 Å². The van der Waals surface area contributed by atoms with E-state index in [9.17, 15) is 4.79 Å². The third kappa shape index (κ3) is 3.50. The average Bonchev–Trinajstić information content (AvgIpc) is 2.20. The summed E-state index contributed by atoms with van der Waals surface area (Å²) in [5, 5.41) is 0. The largest absolute Gasteiger partial charge is 0.334 e. The van der Waals surface area contributed by atoms with Crippen LogP contribution in [0.2, 0.25) is 0 Å². The van der Waals surface area contributed by atoms with Gasteiger partial charge in [-0.15, -0.1) is 0 Å². The molecule has 1 aliphatic rings. The van der Waals surface area contributed by atoms with Crippen molar-refractivity contribution in [3.8, 4) is 0 Å². The first-order valence-electron chi connectivity index (χ1n) is 5.26. The molecule has 0 N–H and O–H groups in total. The fourth-order valence-electron chi connectivity index (χ4n) is 1.58. The second kappa shape index (κ2) is 6.60. The molecule has 0 aliphatic carbocycles. The molecule has 0 aromatic carbocycles. The molecule has 0 saturated carbocycles. The van der Waals surface area contributed by atoms with Crippen molar-refractivity contribution < 1.29 is 4.79 Å². The second-order valence-electron chi connectivity index (χ2n) is 3.35. The highest BCUT2D eigenvalue weighted by molar-refractivity contribution is 5.87. The molecule has 3 heteroatoms. The summed E-state index contributed by atoms with van der Waals surface area (Å²) in [6.45, 7) is 12.3. The highest BCUT2D eigenvalue weighted by Gasteiger charge is 2.23. The van der Waals surface area contributed by atoms with Crippen molar-refractivity contribution in [2.24, 2.45) is 0 Å². The number of hydrogen-bond acceptors (Lipinski definition) is 2. The smallest absolute Gasteiger partial charge is 0.246 e. The molecule has 1 saturated heterocycles. The van der Waals surface area contributed by atoms with E-state index in [1.807, 2.05) is 18.7 Å². The van der Waals surface area contributed by atoms with Crippen molar-refractivity contribution in [1.82, 2.24) is 9.80 Å². The van der Waals surface area contributed by atoms with E-state index in [2.05, 4.69) is 25.5 Å². The molecule has 0 radical (unpaired) electrons. The SMILES string of the molecule is C=CC(=O)N1CCN(C)C[C@@H]1C.CC. The molecular weight excluding hydrogens is 176 g/mol. The van der Waals surface area contributed by atoms with Crippen molar-refractivity contribution in [2.75, 3.05) is 26.7 Å². The summed E-state index contributed by atoms with van der Waals surface area (Å²) < 4.78 is 0. The lowest BCUT2D eigenvalue weighted by molar-refractivity contribution is -0.130. The molecule has 1 aliphatic heterocycles. The number of carbonyl (C=O) groups is 1. The van der Waals surface area contributed by atoms with Crippen LogP contribution in [0.4, 0.5) is 0 Å². The van der Waals surface area contributed by atoms with Crippen LogP contribution in [0.5, 0.6) is 0 Å². The van der Waals surface area contributed by atoms with Crippen LogP contribution >= 0.6 is 0 Å². The van der Waals surface area contributed by atoms with E-state index in [0.29, 0.717) is 6.04 Å². The molecular formula is C11H22N2O. The zero-order valence-corrected chi connectivity index (χ0v) is 9.79. The third-order valence-corrected chi connectivity index (χ3v) is 2.29. The topological polar surface area (TPSA) is 23.6 Å². The van der Waals surface area contributed by atoms with E-state index in [0.717, 1.165) is 19.6 Å². The predicted octanol–water partition coefficient (Wildman–Crippen LogP) is 1.36. The van der Waals surface area contributed by atoms with Crippen LogP contribution in [0.15, 0.2) is 12.7 Å². The molecule has 14 heavy (non-hydrogen) atoms. The van der Waals surface area contributed by atoms with Crippen molar-refractivity contribution >= 4 is 5.91 Å². The quantitative estimate of drug-likeness (QED) is 0.594. The van der Waals surface area contributed by atoms with E-state index in [1.165, 1.54) is 6.08 Å². The Kier molecular flexibility index (Phi) is 6.21. The molecule has 0 spiro atoms. The van der Waals surface area contributed by atoms with E-state index < -0.39 is 0 Å². The summed E-state index contributed by atoms with van der Waals surface area (Å²) >= 11 is 0. The van der Waals surface area contributed by atoms with Gasteiger partial charge in [0.15, 0.2) is 0 Å². The monoisotopic (exact) mass is 198 g/mol. The summed E-state index contributed by atoms with van der Waals surface area (Å²) in [4.78, 5) is 15.4. The van der Waals surface area contributed by atoms with E-state index >= 15 is 0 Å². The molecule has 1 heterocycles. The minimum Gasteiger partial charge on any atom is -0.334 e. The van der Waals surface area contributed by atoms with Gasteiger partial charge in [-0.3, -0.25) is 4.79 Å². The van der Waals surface area contributed by atoms with Crippen molar-refractivity contribution in [1.29, 1.82) is 0 Å². The highest BCUT2D eigenvalue weighted by atomic mass is 16.2. The molecule has 3 nitrogen and oxygen atoms in total.